The zero-order chi connectivity index (χ0) is 17.9. The number of benzene rings is 2. The molecule has 3 rings (SSSR count). The van der Waals surface area contributed by atoms with E-state index in [0.717, 1.165) is 23.0 Å². The highest BCUT2D eigenvalue weighted by Gasteiger charge is 2.30. The molecule has 0 saturated heterocycles. The van der Waals surface area contributed by atoms with Crippen LogP contribution in [0.15, 0.2) is 66.9 Å². The number of nitrogens with zero attached hydrogens (tertiary/aromatic N) is 1. The average molecular weight is 343 g/mol. The number of carbonyl (C=O) groups is 1. The van der Waals surface area contributed by atoms with E-state index in [0.29, 0.717) is 11.3 Å². The number of hydrogen-bond donors (Lipinski definition) is 0. The molecule has 2 aromatic carbocycles. The van der Waals surface area contributed by atoms with Crippen LogP contribution >= 0.6 is 0 Å². The van der Waals surface area contributed by atoms with Gasteiger partial charge in [0.2, 0.25) is 0 Å². The van der Waals surface area contributed by atoms with Gasteiger partial charge in [-0.15, -0.1) is 13.2 Å². The molecule has 3 nitrogen and oxygen atoms in total. The van der Waals surface area contributed by atoms with Gasteiger partial charge in [-0.3, -0.25) is 9.78 Å². The maximum absolute atomic E-state index is 12.2. The van der Waals surface area contributed by atoms with Gasteiger partial charge in [-0.05, 0) is 35.4 Å². The maximum atomic E-state index is 12.2. The van der Waals surface area contributed by atoms with Crippen molar-refractivity contribution in [2.24, 2.45) is 0 Å². The SMILES string of the molecule is O=Cc1ccc(-c2cc(-c3ccc(OC(F)(F)F)cc3)ccn2)cc1. The summed E-state index contributed by atoms with van der Waals surface area (Å²) in [7, 11) is 0. The zero-order valence-corrected chi connectivity index (χ0v) is 12.8. The molecule has 0 fully saturated rings. The van der Waals surface area contributed by atoms with Crippen LogP contribution in [0.25, 0.3) is 22.4 Å². The van der Waals surface area contributed by atoms with E-state index in [9.17, 15) is 18.0 Å². The first kappa shape index (κ1) is 16.7. The smallest absolute Gasteiger partial charge is 0.406 e. The quantitative estimate of drug-likeness (QED) is 0.617. The summed E-state index contributed by atoms with van der Waals surface area (Å²) >= 11 is 0. The predicted molar refractivity (Wildman–Crippen MR) is 87.2 cm³/mol. The van der Waals surface area contributed by atoms with Gasteiger partial charge in [0.15, 0.2) is 0 Å². The van der Waals surface area contributed by atoms with Crippen molar-refractivity contribution in [2.75, 3.05) is 0 Å². The summed E-state index contributed by atoms with van der Waals surface area (Å²) in [6, 6.07) is 16.2. The standard InChI is InChI=1S/C19H12F3NO2/c20-19(21,22)25-17-7-5-14(6-8-17)16-9-10-23-18(11-16)15-3-1-13(12-24)2-4-15/h1-12H. The fraction of sp³-hybridized carbons (Fsp3) is 0.0526. The van der Waals surface area contributed by atoms with Gasteiger partial charge in [-0.2, -0.15) is 0 Å². The second-order valence-electron chi connectivity index (χ2n) is 5.24. The number of rotatable bonds is 4. The van der Waals surface area contributed by atoms with E-state index >= 15 is 0 Å². The normalized spacial score (nSPS) is 11.2. The minimum Gasteiger partial charge on any atom is -0.406 e. The molecule has 3 aromatic rings. The van der Waals surface area contributed by atoms with Crippen LogP contribution < -0.4 is 4.74 Å². The highest BCUT2D eigenvalue weighted by Crippen LogP contribution is 2.28. The highest BCUT2D eigenvalue weighted by molar-refractivity contribution is 5.77. The van der Waals surface area contributed by atoms with Crippen molar-refractivity contribution in [3.05, 3.63) is 72.4 Å². The Balaban J connectivity index is 1.86. The lowest BCUT2D eigenvalue weighted by molar-refractivity contribution is -0.274. The second kappa shape index (κ2) is 6.76. The molecule has 0 bridgehead atoms. The van der Waals surface area contributed by atoms with Crippen molar-refractivity contribution in [1.29, 1.82) is 0 Å². The van der Waals surface area contributed by atoms with Crippen LogP contribution in [0.1, 0.15) is 10.4 Å². The topological polar surface area (TPSA) is 39.2 Å². The summed E-state index contributed by atoms with van der Waals surface area (Å²) in [5, 5.41) is 0. The Morgan fingerprint density at radius 1 is 0.840 bits per heavy atom. The van der Waals surface area contributed by atoms with Crippen LogP contribution in [0, 0.1) is 0 Å². The summed E-state index contributed by atoms with van der Waals surface area (Å²) in [4.78, 5) is 15.0. The Hall–Kier alpha value is -3.15. The minimum absolute atomic E-state index is 0.269. The highest BCUT2D eigenvalue weighted by atomic mass is 19.4. The molecule has 0 aliphatic heterocycles. The third-order valence-corrected chi connectivity index (χ3v) is 3.52. The van der Waals surface area contributed by atoms with E-state index in [1.807, 2.05) is 6.07 Å². The molecule has 0 saturated carbocycles. The van der Waals surface area contributed by atoms with Crippen LogP contribution in [0.3, 0.4) is 0 Å². The molecular weight excluding hydrogens is 331 g/mol. The Morgan fingerprint density at radius 2 is 1.48 bits per heavy atom. The predicted octanol–water partition coefficient (Wildman–Crippen LogP) is 5.13. The molecule has 0 N–H and O–H groups in total. The first-order chi connectivity index (χ1) is 11.9. The molecule has 0 aliphatic rings. The fourth-order valence-electron chi connectivity index (χ4n) is 2.35. The first-order valence-corrected chi connectivity index (χ1v) is 7.32. The number of ether oxygens (including phenoxy) is 1. The van der Waals surface area contributed by atoms with Crippen LogP contribution in [0.4, 0.5) is 13.2 Å². The summed E-state index contributed by atoms with van der Waals surface area (Å²) in [6.45, 7) is 0. The van der Waals surface area contributed by atoms with E-state index in [4.69, 9.17) is 0 Å². The number of carbonyl (C=O) groups excluding carboxylic acids is 1. The van der Waals surface area contributed by atoms with E-state index in [1.165, 1.54) is 12.1 Å². The summed E-state index contributed by atoms with van der Waals surface area (Å²) in [5.41, 5.74) is 3.65. The van der Waals surface area contributed by atoms with Crippen molar-refractivity contribution >= 4 is 6.29 Å². The fourth-order valence-corrected chi connectivity index (χ4v) is 2.35. The maximum Gasteiger partial charge on any atom is 0.573 e. The number of pyridine rings is 1. The summed E-state index contributed by atoms with van der Waals surface area (Å²) in [6.07, 6.45) is -2.32. The number of hydrogen-bond acceptors (Lipinski definition) is 3. The number of aldehydes is 1. The molecule has 126 valence electrons. The lowest BCUT2D eigenvalue weighted by atomic mass is 10.0. The molecule has 0 atom stereocenters. The van der Waals surface area contributed by atoms with E-state index in [-0.39, 0.29) is 5.75 Å². The van der Waals surface area contributed by atoms with Gasteiger partial charge in [0.1, 0.15) is 12.0 Å². The van der Waals surface area contributed by atoms with Crippen LogP contribution in [-0.4, -0.2) is 17.6 Å². The Labute approximate surface area is 141 Å². The molecule has 25 heavy (non-hydrogen) atoms. The molecular formula is C19H12F3NO2. The van der Waals surface area contributed by atoms with Gasteiger partial charge in [0, 0.05) is 17.3 Å². The third kappa shape index (κ3) is 4.23. The van der Waals surface area contributed by atoms with E-state index in [1.54, 1.807) is 48.7 Å². The van der Waals surface area contributed by atoms with Gasteiger partial charge in [-0.1, -0.05) is 36.4 Å². The zero-order valence-electron chi connectivity index (χ0n) is 12.8. The monoisotopic (exact) mass is 343 g/mol. The lowest BCUT2D eigenvalue weighted by Crippen LogP contribution is -2.16. The van der Waals surface area contributed by atoms with E-state index in [2.05, 4.69) is 9.72 Å². The van der Waals surface area contributed by atoms with E-state index < -0.39 is 6.36 Å². The largest absolute Gasteiger partial charge is 0.573 e. The van der Waals surface area contributed by atoms with Gasteiger partial charge >= 0.3 is 6.36 Å². The molecule has 0 spiro atoms. The number of aromatic nitrogens is 1. The average Bonchev–Trinajstić information content (AvgIpc) is 2.61. The summed E-state index contributed by atoms with van der Waals surface area (Å²) in [5.74, 6) is -0.269. The minimum atomic E-state index is -4.71. The van der Waals surface area contributed by atoms with Crippen molar-refractivity contribution in [2.45, 2.75) is 6.36 Å². The van der Waals surface area contributed by atoms with Crippen LogP contribution in [0.5, 0.6) is 5.75 Å². The molecule has 0 unspecified atom stereocenters. The Kier molecular flexibility index (Phi) is 4.52. The van der Waals surface area contributed by atoms with Gasteiger partial charge in [0.25, 0.3) is 0 Å². The van der Waals surface area contributed by atoms with Gasteiger partial charge in [-0.25, -0.2) is 0 Å². The molecule has 6 heteroatoms. The molecule has 1 heterocycles. The number of halogens is 3. The Morgan fingerprint density at radius 3 is 2.08 bits per heavy atom. The molecule has 0 radical (unpaired) electrons. The number of alkyl halides is 3. The van der Waals surface area contributed by atoms with Crippen molar-refractivity contribution in [3.63, 3.8) is 0 Å². The van der Waals surface area contributed by atoms with Crippen molar-refractivity contribution in [3.8, 4) is 28.1 Å². The van der Waals surface area contributed by atoms with Gasteiger partial charge in [0.05, 0.1) is 5.69 Å². The van der Waals surface area contributed by atoms with Crippen LogP contribution in [0.2, 0.25) is 0 Å². The van der Waals surface area contributed by atoms with Crippen molar-refractivity contribution in [1.82, 2.24) is 4.98 Å². The second-order valence-corrected chi connectivity index (χ2v) is 5.24. The van der Waals surface area contributed by atoms with Gasteiger partial charge < -0.3 is 4.74 Å². The summed E-state index contributed by atoms with van der Waals surface area (Å²) < 4.78 is 40.5. The van der Waals surface area contributed by atoms with Crippen LogP contribution in [-0.2, 0) is 0 Å². The molecule has 0 amide bonds. The molecule has 1 aromatic heterocycles. The lowest BCUT2D eigenvalue weighted by Gasteiger charge is -2.10. The van der Waals surface area contributed by atoms with Crippen molar-refractivity contribution < 1.29 is 22.7 Å². The third-order valence-electron chi connectivity index (χ3n) is 3.52. The first-order valence-electron chi connectivity index (χ1n) is 7.32. The molecule has 0 aliphatic carbocycles. The Bertz CT molecular complexity index is 872.